The fourth-order valence-corrected chi connectivity index (χ4v) is 2.03. The van der Waals surface area contributed by atoms with E-state index in [1.807, 2.05) is 30.3 Å². The lowest BCUT2D eigenvalue weighted by molar-refractivity contribution is -0.136. The molecule has 0 heterocycles. The molecule has 0 radical (unpaired) electrons. The molecule has 0 unspecified atom stereocenters. The highest BCUT2D eigenvalue weighted by Gasteiger charge is 2.17. The molecule has 5 heteroatoms. The largest absolute Gasteiger partial charge is 0.341 e. The van der Waals surface area contributed by atoms with E-state index in [1.165, 1.54) is 18.2 Å². The summed E-state index contributed by atoms with van der Waals surface area (Å²) in [5, 5.41) is 5.10. The summed E-state index contributed by atoms with van der Waals surface area (Å²) in [6.45, 7) is 3.45. The Kier molecular flexibility index (Phi) is 4.88. The summed E-state index contributed by atoms with van der Waals surface area (Å²) in [7, 11) is 0. The molecule has 114 valence electrons. The average molecular weight is 300 g/mol. The number of hydrogen-bond acceptors (Lipinski definition) is 2. The maximum absolute atomic E-state index is 13.0. The molecular formula is C17H17FN2O2. The van der Waals surface area contributed by atoms with Crippen molar-refractivity contribution >= 4 is 17.5 Å². The Hall–Kier alpha value is -2.69. The van der Waals surface area contributed by atoms with E-state index in [4.69, 9.17) is 0 Å². The van der Waals surface area contributed by atoms with Gasteiger partial charge in [-0.05, 0) is 43.2 Å². The lowest BCUT2D eigenvalue weighted by atomic mass is 10.1. The second kappa shape index (κ2) is 6.85. The molecule has 2 rings (SSSR count). The van der Waals surface area contributed by atoms with Crippen molar-refractivity contribution in [2.24, 2.45) is 0 Å². The molecule has 0 aromatic heterocycles. The molecule has 1 atom stereocenters. The minimum Gasteiger partial charge on any atom is -0.341 e. The molecule has 2 amide bonds. The third-order valence-electron chi connectivity index (χ3n) is 3.29. The summed E-state index contributed by atoms with van der Waals surface area (Å²) in [4.78, 5) is 23.8. The molecule has 0 aliphatic rings. The lowest BCUT2D eigenvalue weighted by Gasteiger charge is -2.14. The number of halogens is 1. The van der Waals surface area contributed by atoms with Crippen molar-refractivity contribution in [3.8, 4) is 0 Å². The number of nitrogens with one attached hydrogen (secondary N) is 2. The molecule has 0 saturated carbocycles. The topological polar surface area (TPSA) is 58.2 Å². The molecule has 2 aromatic rings. The van der Waals surface area contributed by atoms with Gasteiger partial charge in [0.1, 0.15) is 5.82 Å². The summed E-state index contributed by atoms with van der Waals surface area (Å²) < 4.78 is 13.0. The third-order valence-corrected chi connectivity index (χ3v) is 3.29. The Morgan fingerprint density at radius 1 is 1.05 bits per heavy atom. The van der Waals surface area contributed by atoms with Crippen LogP contribution in [0.1, 0.15) is 24.1 Å². The van der Waals surface area contributed by atoms with Crippen LogP contribution in [0.3, 0.4) is 0 Å². The third kappa shape index (κ3) is 3.91. The highest BCUT2D eigenvalue weighted by Crippen LogP contribution is 2.16. The van der Waals surface area contributed by atoms with Crippen molar-refractivity contribution in [2.45, 2.75) is 19.9 Å². The number of carbonyl (C=O) groups excluding carboxylic acids is 2. The first kappa shape index (κ1) is 15.7. The molecule has 0 aliphatic heterocycles. The summed E-state index contributed by atoms with van der Waals surface area (Å²) >= 11 is 0. The molecule has 0 saturated heterocycles. The molecule has 0 bridgehead atoms. The van der Waals surface area contributed by atoms with Gasteiger partial charge in [-0.2, -0.15) is 0 Å². The van der Waals surface area contributed by atoms with Crippen LogP contribution in [-0.2, 0) is 9.59 Å². The molecule has 2 aromatic carbocycles. The first-order valence-electron chi connectivity index (χ1n) is 6.90. The zero-order valence-electron chi connectivity index (χ0n) is 12.4. The number of carbonyl (C=O) groups is 2. The van der Waals surface area contributed by atoms with Crippen LogP contribution >= 0.6 is 0 Å². The summed E-state index contributed by atoms with van der Waals surface area (Å²) in [6, 6.07) is 13.0. The summed E-state index contributed by atoms with van der Waals surface area (Å²) in [6.07, 6.45) is 0. The Bertz CT molecular complexity index is 686. The lowest BCUT2D eigenvalue weighted by Crippen LogP contribution is -2.37. The van der Waals surface area contributed by atoms with Gasteiger partial charge in [0.15, 0.2) is 0 Å². The van der Waals surface area contributed by atoms with Gasteiger partial charge in [0.2, 0.25) is 0 Å². The van der Waals surface area contributed by atoms with Gasteiger partial charge in [0.05, 0.1) is 6.04 Å². The number of hydrogen-bond donors (Lipinski definition) is 2. The van der Waals surface area contributed by atoms with Crippen molar-refractivity contribution in [3.05, 3.63) is 65.5 Å². The van der Waals surface area contributed by atoms with Gasteiger partial charge in [-0.3, -0.25) is 9.59 Å². The van der Waals surface area contributed by atoms with E-state index in [2.05, 4.69) is 10.6 Å². The smallest absolute Gasteiger partial charge is 0.313 e. The molecule has 0 spiro atoms. The predicted molar refractivity (Wildman–Crippen MR) is 82.8 cm³/mol. The number of amides is 2. The maximum atomic E-state index is 13.0. The minimum absolute atomic E-state index is 0.284. The van der Waals surface area contributed by atoms with Gasteiger partial charge < -0.3 is 10.6 Å². The normalized spacial score (nSPS) is 11.6. The van der Waals surface area contributed by atoms with Gasteiger partial charge >= 0.3 is 11.8 Å². The second-order valence-electron chi connectivity index (χ2n) is 5.02. The van der Waals surface area contributed by atoms with E-state index in [1.54, 1.807) is 13.8 Å². The van der Waals surface area contributed by atoms with Crippen molar-refractivity contribution in [2.75, 3.05) is 5.32 Å². The molecule has 2 N–H and O–H groups in total. The van der Waals surface area contributed by atoms with Gasteiger partial charge in [-0.25, -0.2) is 4.39 Å². The monoisotopic (exact) mass is 300 g/mol. The van der Waals surface area contributed by atoms with Gasteiger partial charge in [0.25, 0.3) is 0 Å². The second-order valence-corrected chi connectivity index (χ2v) is 5.02. The zero-order valence-corrected chi connectivity index (χ0v) is 12.4. The van der Waals surface area contributed by atoms with Crippen LogP contribution in [0.2, 0.25) is 0 Å². The van der Waals surface area contributed by atoms with E-state index in [0.29, 0.717) is 11.3 Å². The van der Waals surface area contributed by atoms with E-state index in [0.717, 1.165) is 5.56 Å². The van der Waals surface area contributed by atoms with Crippen molar-refractivity contribution in [3.63, 3.8) is 0 Å². The molecular weight excluding hydrogens is 283 g/mol. The fraction of sp³-hybridized carbons (Fsp3) is 0.176. The maximum Gasteiger partial charge on any atom is 0.313 e. The highest BCUT2D eigenvalue weighted by atomic mass is 19.1. The van der Waals surface area contributed by atoms with Gasteiger partial charge in [-0.1, -0.05) is 30.3 Å². The fourth-order valence-electron chi connectivity index (χ4n) is 2.03. The van der Waals surface area contributed by atoms with E-state index >= 15 is 0 Å². The molecule has 22 heavy (non-hydrogen) atoms. The number of anilines is 1. The first-order chi connectivity index (χ1) is 10.5. The highest BCUT2D eigenvalue weighted by molar-refractivity contribution is 6.39. The zero-order chi connectivity index (χ0) is 16.1. The van der Waals surface area contributed by atoms with Crippen LogP contribution in [0.15, 0.2) is 48.5 Å². The van der Waals surface area contributed by atoms with E-state index in [9.17, 15) is 14.0 Å². The molecule has 0 aliphatic carbocycles. The molecule has 0 fully saturated rings. The Balaban J connectivity index is 1.99. The quantitative estimate of drug-likeness (QED) is 0.856. The first-order valence-corrected chi connectivity index (χ1v) is 6.90. The summed E-state index contributed by atoms with van der Waals surface area (Å²) in [5.41, 5.74) is 1.87. The van der Waals surface area contributed by atoms with Crippen molar-refractivity contribution < 1.29 is 14.0 Å². The van der Waals surface area contributed by atoms with Crippen LogP contribution in [0, 0.1) is 12.7 Å². The number of aryl methyl sites for hydroxylation is 1. The number of benzene rings is 2. The minimum atomic E-state index is -0.780. The standard InChI is InChI=1S/C17H17FN2O2/c1-11-10-14(18)8-9-15(11)20-17(22)16(21)19-12(2)13-6-4-3-5-7-13/h3-10,12H,1-2H3,(H,19,21)(H,20,22)/t12-/m1/s1. The SMILES string of the molecule is Cc1cc(F)ccc1NC(=O)C(=O)N[C@H](C)c1ccccc1. The Morgan fingerprint density at radius 3 is 2.36 bits per heavy atom. The van der Waals surface area contributed by atoms with Gasteiger partial charge in [-0.15, -0.1) is 0 Å². The van der Waals surface area contributed by atoms with Crippen LogP contribution in [0.4, 0.5) is 10.1 Å². The van der Waals surface area contributed by atoms with E-state index < -0.39 is 17.6 Å². The predicted octanol–water partition coefficient (Wildman–Crippen LogP) is 2.95. The van der Waals surface area contributed by atoms with Crippen LogP contribution in [0.25, 0.3) is 0 Å². The Morgan fingerprint density at radius 2 is 1.73 bits per heavy atom. The molecule has 4 nitrogen and oxygen atoms in total. The van der Waals surface area contributed by atoms with Gasteiger partial charge in [0, 0.05) is 5.69 Å². The number of rotatable bonds is 3. The average Bonchev–Trinajstić information content (AvgIpc) is 2.50. The van der Waals surface area contributed by atoms with Crippen molar-refractivity contribution in [1.82, 2.24) is 5.32 Å². The van der Waals surface area contributed by atoms with E-state index in [-0.39, 0.29) is 6.04 Å². The van der Waals surface area contributed by atoms with Crippen LogP contribution in [-0.4, -0.2) is 11.8 Å². The van der Waals surface area contributed by atoms with Crippen LogP contribution < -0.4 is 10.6 Å². The Labute approximate surface area is 128 Å². The van der Waals surface area contributed by atoms with Crippen LogP contribution in [0.5, 0.6) is 0 Å². The summed E-state index contributed by atoms with van der Waals surface area (Å²) in [5.74, 6) is -1.91. The van der Waals surface area contributed by atoms with Crippen molar-refractivity contribution in [1.29, 1.82) is 0 Å².